The van der Waals surface area contributed by atoms with Crippen LogP contribution >= 0.6 is 11.6 Å². The highest BCUT2D eigenvalue weighted by Gasteiger charge is 2.14. The lowest BCUT2D eigenvalue weighted by molar-refractivity contribution is 0.629. The van der Waals surface area contributed by atoms with Gasteiger partial charge in [-0.1, -0.05) is 23.7 Å². The minimum atomic E-state index is -0.465. The van der Waals surface area contributed by atoms with Gasteiger partial charge in [-0.15, -0.1) is 0 Å². The Bertz CT molecular complexity index is 655. The molecule has 1 aliphatic rings. The average Bonchev–Trinajstić information content (AvgIpc) is 2.45. The Morgan fingerprint density at radius 3 is 2.75 bits per heavy atom. The number of nitrogens with one attached hydrogen (secondary N) is 1. The molecule has 104 valence electrons. The van der Waals surface area contributed by atoms with E-state index in [9.17, 15) is 4.39 Å². The molecule has 0 amide bonds. The quantitative estimate of drug-likeness (QED) is 0.788. The van der Waals surface area contributed by atoms with Crippen LogP contribution in [0.25, 0.3) is 0 Å². The van der Waals surface area contributed by atoms with E-state index in [2.05, 4.69) is 11.4 Å². The summed E-state index contributed by atoms with van der Waals surface area (Å²) in [5.74, 6) is -0.465. The van der Waals surface area contributed by atoms with Crippen LogP contribution in [0.1, 0.15) is 24.0 Å². The van der Waals surface area contributed by atoms with Crippen LogP contribution in [0.15, 0.2) is 30.3 Å². The van der Waals surface area contributed by atoms with Gasteiger partial charge >= 0.3 is 0 Å². The number of nitrogen functional groups attached to an aromatic ring is 1. The van der Waals surface area contributed by atoms with E-state index in [1.165, 1.54) is 36.1 Å². The van der Waals surface area contributed by atoms with Gasteiger partial charge < -0.3 is 11.1 Å². The Hall–Kier alpha value is -1.74. The summed E-state index contributed by atoms with van der Waals surface area (Å²) in [5.41, 5.74) is 10.6. The number of nitrogens with two attached hydrogens (primary N) is 1. The van der Waals surface area contributed by atoms with Gasteiger partial charge in [0.1, 0.15) is 5.82 Å². The van der Waals surface area contributed by atoms with E-state index in [1.54, 1.807) is 0 Å². The van der Waals surface area contributed by atoms with Crippen LogP contribution in [0.2, 0.25) is 5.02 Å². The molecule has 0 bridgehead atoms. The first-order valence-electron chi connectivity index (χ1n) is 6.77. The molecule has 0 spiro atoms. The number of fused-ring (bicyclic) bond motifs is 1. The van der Waals surface area contributed by atoms with Crippen molar-refractivity contribution >= 4 is 28.7 Å². The third-order valence-electron chi connectivity index (χ3n) is 3.76. The minimum absolute atomic E-state index is 0.0446. The van der Waals surface area contributed by atoms with E-state index in [-0.39, 0.29) is 5.02 Å². The van der Waals surface area contributed by atoms with Crippen molar-refractivity contribution < 1.29 is 4.39 Å². The number of aryl methyl sites for hydroxylation is 1. The minimum Gasteiger partial charge on any atom is -0.397 e. The van der Waals surface area contributed by atoms with Gasteiger partial charge in [-0.25, -0.2) is 4.39 Å². The standard InChI is InChI=1S/C16H16ClFN2/c17-12-8-14(19)16(9-13(12)18)20-15-7-3-5-10-4-1-2-6-11(10)15/h3,5,7-9,20H,1-2,4,6,19H2. The van der Waals surface area contributed by atoms with Crippen molar-refractivity contribution in [2.24, 2.45) is 0 Å². The molecule has 4 heteroatoms. The molecule has 20 heavy (non-hydrogen) atoms. The van der Waals surface area contributed by atoms with Crippen molar-refractivity contribution in [1.29, 1.82) is 0 Å². The molecule has 0 heterocycles. The summed E-state index contributed by atoms with van der Waals surface area (Å²) >= 11 is 5.72. The zero-order valence-electron chi connectivity index (χ0n) is 11.0. The highest BCUT2D eigenvalue weighted by molar-refractivity contribution is 6.31. The van der Waals surface area contributed by atoms with Crippen LogP contribution < -0.4 is 11.1 Å². The summed E-state index contributed by atoms with van der Waals surface area (Å²) < 4.78 is 13.6. The molecule has 0 atom stereocenters. The fraction of sp³-hybridized carbons (Fsp3) is 0.250. The molecule has 2 nitrogen and oxygen atoms in total. The van der Waals surface area contributed by atoms with Crippen LogP contribution in [0.3, 0.4) is 0 Å². The monoisotopic (exact) mass is 290 g/mol. The molecule has 0 fully saturated rings. The number of benzene rings is 2. The highest BCUT2D eigenvalue weighted by atomic mass is 35.5. The van der Waals surface area contributed by atoms with Crippen molar-refractivity contribution in [3.63, 3.8) is 0 Å². The molecule has 1 aliphatic carbocycles. The molecule has 0 aliphatic heterocycles. The zero-order valence-corrected chi connectivity index (χ0v) is 11.8. The van der Waals surface area contributed by atoms with Crippen molar-refractivity contribution in [2.45, 2.75) is 25.7 Å². The summed E-state index contributed by atoms with van der Waals surface area (Å²) in [7, 11) is 0. The molecular weight excluding hydrogens is 275 g/mol. The molecule has 0 saturated carbocycles. The smallest absolute Gasteiger partial charge is 0.144 e. The predicted octanol–water partition coefficient (Wildman–Crippen LogP) is 4.68. The maximum absolute atomic E-state index is 13.6. The number of halogens is 2. The molecule has 0 unspecified atom stereocenters. The van der Waals surface area contributed by atoms with E-state index in [1.807, 2.05) is 12.1 Å². The van der Waals surface area contributed by atoms with E-state index in [0.717, 1.165) is 18.5 Å². The summed E-state index contributed by atoms with van der Waals surface area (Å²) in [5, 5.41) is 3.29. The topological polar surface area (TPSA) is 38.0 Å². The fourth-order valence-corrected chi connectivity index (χ4v) is 2.89. The third kappa shape index (κ3) is 2.46. The van der Waals surface area contributed by atoms with Crippen LogP contribution in [0.4, 0.5) is 21.5 Å². The molecule has 2 aromatic rings. The molecule has 0 aromatic heterocycles. The highest BCUT2D eigenvalue weighted by Crippen LogP contribution is 2.33. The maximum Gasteiger partial charge on any atom is 0.144 e. The van der Waals surface area contributed by atoms with Crippen molar-refractivity contribution in [1.82, 2.24) is 0 Å². The van der Waals surface area contributed by atoms with Crippen LogP contribution in [-0.2, 0) is 12.8 Å². The molecule has 0 radical (unpaired) electrons. The largest absolute Gasteiger partial charge is 0.397 e. The summed E-state index contributed by atoms with van der Waals surface area (Å²) in [6.07, 6.45) is 4.58. The molecular formula is C16H16ClFN2. The Labute approximate surface area is 122 Å². The first-order chi connectivity index (χ1) is 9.65. The fourth-order valence-electron chi connectivity index (χ4n) is 2.71. The van der Waals surface area contributed by atoms with Crippen LogP contribution in [-0.4, -0.2) is 0 Å². The van der Waals surface area contributed by atoms with E-state index in [0.29, 0.717) is 11.4 Å². The Balaban J connectivity index is 1.98. The van der Waals surface area contributed by atoms with Gasteiger partial charge in [0.25, 0.3) is 0 Å². The molecule has 0 saturated heterocycles. The van der Waals surface area contributed by atoms with Gasteiger partial charge in [-0.3, -0.25) is 0 Å². The Morgan fingerprint density at radius 1 is 1.10 bits per heavy atom. The first-order valence-corrected chi connectivity index (χ1v) is 7.15. The Morgan fingerprint density at radius 2 is 1.90 bits per heavy atom. The summed E-state index contributed by atoms with van der Waals surface area (Å²) in [6.45, 7) is 0. The normalized spacial score (nSPS) is 13.9. The van der Waals surface area contributed by atoms with Gasteiger partial charge in [-0.05, 0) is 48.9 Å². The second-order valence-electron chi connectivity index (χ2n) is 5.13. The lowest BCUT2D eigenvalue weighted by Gasteiger charge is -2.20. The second kappa shape index (κ2) is 5.33. The van der Waals surface area contributed by atoms with Gasteiger partial charge in [0.2, 0.25) is 0 Å². The average molecular weight is 291 g/mol. The molecule has 3 rings (SSSR count). The lowest BCUT2D eigenvalue weighted by Crippen LogP contribution is -2.07. The SMILES string of the molecule is Nc1cc(Cl)c(F)cc1Nc1cccc2c1CCCC2. The van der Waals surface area contributed by atoms with Gasteiger partial charge in [-0.2, -0.15) is 0 Å². The Kier molecular flexibility index (Phi) is 3.53. The van der Waals surface area contributed by atoms with E-state index in [4.69, 9.17) is 17.3 Å². The molecule has 2 aromatic carbocycles. The summed E-state index contributed by atoms with van der Waals surface area (Å²) in [6, 6.07) is 8.98. The van der Waals surface area contributed by atoms with Crippen LogP contribution in [0.5, 0.6) is 0 Å². The van der Waals surface area contributed by atoms with Crippen molar-refractivity contribution in [2.75, 3.05) is 11.1 Å². The van der Waals surface area contributed by atoms with E-state index < -0.39 is 5.82 Å². The van der Waals surface area contributed by atoms with Crippen molar-refractivity contribution in [3.05, 3.63) is 52.3 Å². The predicted molar refractivity (Wildman–Crippen MR) is 82.2 cm³/mol. The number of hydrogen-bond donors (Lipinski definition) is 2. The van der Waals surface area contributed by atoms with Gasteiger partial charge in [0.05, 0.1) is 16.4 Å². The lowest BCUT2D eigenvalue weighted by atomic mass is 9.90. The van der Waals surface area contributed by atoms with E-state index >= 15 is 0 Å². The second-order valence-corrected chi connectivity index (χ2v) is 5.54. The first kappa shape index (κ1) is 13.3. The number of anilines is 3. The maximum atomic E-state index is 13.6. The number of hydrogen-bond acceptors (Lipinski definition) is 2. The van der Waals surface area contributed by atoms with Crippen LogP contribution in [0, 0.1) is 5.82 Å². The third-order valence-corrected chi connectivity index (χ3v) is 4.05. The zero-order chi connectivity index (χ0) is 14.1. The van der Waals surface area contributed by atoms with Crippen molar-refractivity contribution in [3.8, 4) is 0 Å². The van der Waals surface area contributed by atoms with Gasteiger partial charge in [0.15, 0.2) is 0 Å². The molecule has 3 N–H and O–H groups in total. The number of rotatable bonds is 2. The van der Waals surface area contributed by atoms with Gasteiger partial charge in [0, 0.05) is 11.8 Å². The summed E-state index contributed by atoms with van der Waals surface area (Å²) in [4.78, 5) is 0.